The summed E-state index contributed by atoms with van der Waals surface area (Å²) < 4.78 is 13.1. The summed E-state index contributed by atoms with van der Waals surface area (Å²) in [5.41, 5.74) is 7.74. The van der Waals surface area contributed by atoms with Crippen LogP contribution in [0.5, 0.6) is 0 Å². The highest BCUT2D eigenvalue weighted by Gasteiger charge is 2.15. The predicted octanol–water partition coefficient (Wildman–Crippen LogP) is 2.60. The number of nitrogens with one attached hydrogen (secondary N) is 1. The smallest absolute Gasteiger partial charge is 0.255 e. The van der Waals surface area contributed by atoms with Crippen LogP contribution in [0.2, 0.25) is 0 Å². The van der Waals surface area contributed by atoms with Gasteiger partial charge >= 0.3 is 0 Å². The lowest BCUT2D eigenvalue weighted by atomic mass is 10.1. The average molecular weight is 273 g/mol. The normalized spacial score (nSPS) is 11.9. The zero-order valence-electron chi connectivity index (χ0n) is 11.4. The molecule has 2 rings (SSSR count). The summed E-state index contributed by atoms with van der Waals surface area (Å²) in [6, 6.07) is 8.69. The van der Waals surface area contributed by atoms with E-state index < -0.39 is 11.7 Å². The molecule has 0 aliphatic heterocycles. The summed E-state index contributed by atoms with van der Waals surface area (Å²) in [4.78, 5) is 15.7. The molecule has 0 saturated heterocycles. The number of nitrogens with zero attached hydrogens (tertiary/aromatic N) is 1. The first-order valence-corrected chi connectivity index (χ1v) is 6.26. The van der Waals surface area contributed by atoms with Gasteiger partial charge in [-0.2, -0.15) is 0 Å². The van der Waals surface area contributed by atoms with Crippen molar-refractivity contribution in [2.75, 3.05) is 5.73 Å². The van der Waals surface area contributed by atoms with Crippen molar-refractivity contribution < 1.29 is 9.18 Å². The van der Waals surface area contributed by atoms with E-state index >= 15 is 0 Å². The van der Waals surface area contributed by atoms with Crippen LogP contribution < -0.4 is 11.1 Å². The molecule has 1 aromatic carbocycles. The fourth-order valence-corrected chi connectivity index (χ4v) is 1.84. The fourth-order valence-electron chi connectivity index (χ4n) is 1.84. The molecule has 1 heterocycles. The molecule has 1 aromatic heterocycles. The molecule has 0 aliphatic rings. The van der Waals surface area contributed by atoms with Gasteiger partial charge in [-0.3, -0.25) is 4.79 Å². The maximum absolute atomic E-state index is 13.1. The quantitative estimate of drug-likeness (QED) is 0.903. The Kier molecular flexibility index (Phi) is 3.98. The number of nitrogens with two attached hydrogens (primary N) is 1. The highest BCUT2D eigenvalue weighted by molar-refractivity contribution is 5.98. The van der Waals surface area contributed by atoms with Crippen molar-refractivity contribution in [3.8, 4) is 0 Å². The van der Waals surface area contributed by atoms with E-state index in [1.54, 1.807) is 0 Å². The standard InChI is InChI=1S/C15H16FN3O/c1-9-3-5-11(6-4-9)10(2)19-15(20)13-7-12(16)8-18-14(13)17/h3-8,10H,1-2H3,(H2,17,18)(H,19,20). The Morgan fingerprint density at radius 1 is 1.35 bits per heavy atom. The Hall–Kier alpha value is -2.43. The summed E-state index contributed by atoms with van der Waals surface area (Å²) in [6.07, 6.45) is 0.982. The predicted molar refractivity (Wildman–Crippen MR) is 75.7 cm³/mol. The molecule has 0 fully saturated rings. The van der Waals surface area contributed by atoms with Crippen molar-refractivity contribution in [3.63, 3.8) is 0 Å². The number of nitrogen functional groups attached to an aromatic ring is 1. The minimum Gasteiger partial charge on any atom is -0.383 e. The molecule has 1 unspecified atom stereocenters. The first kappa shape index (κ1) is 14.0. The van der Waals surface area contributed by atoms with Gasteiger partial charge in [-0.05, 0) is 25.5 Å². The van der Waals surface area contributed by atoms with Gasteiger partial charge in [-0.15, -0.1) is 0 Å². The van der Waals surface area contributed by atoms with Crippen molar-refractivity contribution in [3.05, 3.63) is 59.0 Å². The second-order valence-corrected chi connectivity index (χ2v) is 4.69. The van der Waals surface area contributed by atoms with Crippen molar-refractivity contribution >= 4 is 11.7 Å². The summed E-state index contributed by atoms with van der Waals surface area (Å²) in [5.74, 6) is -1.02. The first-order valence-electron chi connectivity index (χ1n) is 6.26. The topological polar surface area (TPSA) is 68.0 Å². The third-order valence-electron chi connectivity index (χ3n) is 3.05. The van der Waals surface area contributed by atoms with Gasteiger partial charge in [0.25, 0.3) is 5.91 Å². The zero-order valence-corrected chi connectivity index (χ0v) is 11.4. The van der Waals surface area contributed by atoms with E-state index in [9.17, 15) is 9.18 Å². The summed E-state index contributed by atoms with van der Waals surface area (Å²) in [5, 5.41) is 2.77. The monoisotopic (exact) mass is 273 g/mol. The maximum atomic E-state index is 13.1. The largest absolute Gasteiger partial charge is 0.383 e. The van der Waals surface area contributed by atoms with Crippen LogP contribution in [-0.2, 0) is 0 Å². The van der Waals surface area contributed by atoms with E-state index in [2.05, 4.69) is 10.3 Å². The number of aromatic nitrogens is 1. The number of carbonyl (C=O) groups excluding carboxylic acids is 1. The van der Waals surface area contributed by atoms with Crippen LogP contribution in [0.15, 0.2) is 36.5 Å². The number of amides is 1. The molecule has 0 saturated carbocycles. The Labute approximate surface area is 116 Å². The molecule has 2 aromatic rings. The number of benzene rings is 1. The molecular weight excluding hydrogens is 257 g/mol. The van der Waals surface area contributed by atoms with E-state index in [1.165, 1.54) is 0 Å². The molecule has 0 radical (unpaired) electrons. The summed E-state index contributed by atoms with van der Waals surface area (Å²) in [7, 11) is 0. The van der Waals surface area contributed by atoms with Crippen LogP contribution in [0.3, 0.4) is 0 Å². The van der Waals surface area contributed by atoms with Gasteiger partial charge < -0.3 is 11.1 Å². The number of aryl methyl sites for hydroxylation is 1. The molecule has 104 valence electrons. The van der Waals surface area contributed by atoms with E-state index in [0.29, 0.717) is 0 Å². The van der Waals surface area contributed by atoms with Gasteiger partial charge in [0.05, 0.1) is 17.8 Å². The van der Waals surface area contributed by atoms with E-state index in [-0.39, 0.29) is 17.4 Å². The number of hydrogen-bond acceptors (Lipinski definition) is 3. The second kappa shape index (κ2) is 5.69. The minimum absolute atomic E-state index is 0.0139. The number of carbonyl (C=O) groups is 1. The summed E-state index contributed by atoms with van der Waals surface area (Å²) in [6.45, 7) is 3.84. The Morgan fingerprint density at radius 2 is 2.00 bits per heavy atom. The highest BCUT2D eigenvalue weighted by Crippen LogP contribution is 2.16. The van der Waals surface area contributed by atoms with Crippen LogP contribution in [0.25, 0.3) is 0 Å². The van der Waals surface area contributed by atoms with Crippen LogP contribution in [0, 0.1) is 12.7 Å². The maximum Gasteiger partial charge on any atom is 0.255 e. The molecule has 0 spiro atoms. The number of halogens is 1. The average Bonchev–Trinajstić information content (AvgIpc) is 2.42. The highest BCUT2D eigenvalue weighted by atomic mass is 19.1. The molecule has 0 bridgehead atoms. The van der Waals surface area contributed by atoms with Crippen LogP contribution >= 0.6 is 0 Å². The molecular formula is C15H16FN3O. The van der Waals surface area contributed by atoms with Crippen molar-refractivity contribution in [1.29, 1.82) is 0 Å². The van der Waals surface area contributed by atoms with Crippen molar-refractivity contribution in [1.82, 2.24) is 10.3 Å². The molecule has 20 heavy (non-hydrogen) atoms. The molecule has 4 nitrogen and oxygen atoms in total. The second-order valence-electron chi connectivity index (χ2n) is 4.69. The third kappa shape index (κ3) is 3.12. The lowest BCUT2D eigenvalue weighted by molar-refractivity contribution is 0.0940. The van der Waals surface area contributed by atoms with Crippen LogP contribution in [-0.4, -0.2) is 10.9 Å². The molecule has 1 atom stereocenters. The van der Waals surface area contributed by atoms with Gasteiger partial charge in [0.15, 0.2) is 0 Å². The van der Waals surface area contributed by atoms with Crippen molar-refractivity contribution in [2.24, 2.45) is 0 Å². The molecule has 3 N–H and O–H groups in total. The van der Waals surface area contributed by atoms with Gasteiger partial charge in [0.1, 0.15) is 11.6 Å². The van der Waals surface area contributed by atoms with Gasteiger partial charge in [0.2, 0.25) is 0 Å². The number of hydrogen-bond donors (Lipinski definition) is 2. The van der Waals surface area contributed by atoms with Crippen LogP contribution in [0.4, 0.5) is 10.2 Å². The van der Waals surface area contributed by atoms with Gasteiger partial charge in [-0.1, -0.05) is 29.8 Å². The Bertz CT molecular complexity index is 626. The number of pyridine rings is 1. The number of rotatable bonds is 3. The fraction of sp³-hybridized carbons (Fsp3) is 0.200. The lowest BCUT2D eigenvalue weighted by Gasteiger charge is -2.15. The van der Waals surface area contributed by atoms with E-state index in [0.717, 1.165) is 23.4 Å². The van der Waals surface area contributed by atoms with Gasteiger partial charge in [0, 0.05) is 0 Å². The minimum atomic E-state index is -0.590. The first-order chi connectivity index (χ1) is 9.47. The lowest BCUT2D eigenvalue weighted by Crippen LogP contribution is -2.27. The van der Waals surface area contributed by atoms with E-state index in [1.807, 2.05) is 38.1 Å². The molecule has 5 heteroatoms. The van der Waals surface area contributed by atoms with Crippen molar-refractivity contribution in [2.45, 2.75) is 19.9 Å². The number of anilines is 1. The van der Waals surface area contributed by atoms with E-state index in [4.69, 9.17) is 5.73 Å². The molecule has 1 amide bonds. The third-order valence-corrected chi connectivity index (χ3v) is 3.05. The zero-order chi connectivity index (χ0) is 14.7. The Morgan fingerprint density at radius 3 is 2.65 bits per heavy atom. The van der Waals surface area contributed by atoms with Gasteiger partial charge in [-0.25, -0.2) is 9.37 Å². The SMILES string of the molecule is Cc1ccc(C(C)NC(=O)c2cc(F)cnc2N)cc1. The summed E-state index contributed by atoms with van der Waals surface area (Å²) >= 11 is 0. The Balaban J connectivity index is 2.15. The molecule has 0 aliphatic carbocycles. The van der Waals surface area contributed by atoms with Crippen LogP contribution in [0.1, 0.15) is 34.5 Å².